The number of fused-ring (bicyclic) bond motifs is 2. The Morgan fingerprint density at radius 1 is 1.23 bits per heavy atom. The molecule has 2 heterocycles. The van der Waals surface area contributed by atoms with E-state index in [2.05, 4.69) is 20.9 Å². The summed E-state index contributed by atoms with van der Waals surface area (Å²) >= 11 is 1.26. The van der Waals surface area contributed by atoms with Crippen LogP contribution in [0, 0.1) is 12.3 Å². The lowest BCUT2D eigenvalue weighted by atomic mass is 10.2. The van der Waals surface area contributed by atoms with Crippen molar-refractivity contribution in [1.82, 2.24) is 14.5 Å². The van der Waals surface area contributed by atoms with Crippen LogP contribution in [0.3, 0.4) is 0 Å². The molecule has 4 rings (SSSR count). The summed E-state index contributed by atoms with van der Waals surface area (Å²) in [5, 5.41) is 0. The minimum atomic E-state index is -0.517. The van der Waals surface area contributed by atoms with E-state index < -0.39 is 11.9 Å². The Balaban J connectivity index is 1.80. The van der Waals surface area contributed by atoms with Crippen molar-refractivity contribution in [2.45, 2.75) is 13.5 Å². The molecule has 2 aromatic heterocycles. The van der Waals surface area contributed by atoms with Crippen LogP contribution in [0.5, 0.6) is 0 Å². The number of para-hydroxylation sites is 2. The summed E-state index contributed by atoms with van der Waals surface area (Å²) in [7, 11) is 0. The first-order valence-corrected chi connectivity index (χ1v) is 9.97. The summed E-state index contributed by atoms with van der Waals surface area (Å²) in [6.07, 6.45) is 6.92. The van der Waals surface area contributed by atoms with Crippen LogP contribution in [-0.2, 0) is 11.3 Å². The van der Waals surface area contributed by atoms with Crippen LogP contribution in [0.1, 0.15) is 27.8 Å². The monoisotopic (exact) mass is 416 g/mol. The summed E-state index contributed by atoms with van der Waals surface area (Å²) in [5.41, 5.74) is 2.67. The van der Waals surface area contributed by atoms with E-state index in [0.717, 1.165) is 10.2 Å². The molecule has 1 amide bonds. The van der Waals surface area contributed by atoms with Gasteiger partial charge in [-0.1, -0.05) is 29.4 Å². The largest absolute Gasteiger partial charge is 0.462 e. The second kappa shape index (κ2) is 8.27. The summed E-state index contributed by atoms with van der Waals surface area (Å²) in [4.78, 5) is 38.0. The number of hydrogen-bond donors (Lipinski definition) is 0. The molecule has 7 nitrogen and oxygen atoms in total. The zero-order valence-corrected chi connectivity index (χ0v) is 16.8. The van der Waals surface area contributed by atoms with E-state index in [0.29, 0.717) is 28.0 Å². The fourth-order valence-electron chi connectivity index (χ4n) is 2.95. The summed E-state index contributed by atoms with van der Waals surface area (Å²) in [6, 6.07) is 12.4. The van der Waals surface area contributed by atoms with Crippen LogP contribution in [0.15, 0.2) is 53.7 Å². The molecule has 0 fully saturated rings. The molecule has 0 radical (unpaired) electrons. The van der Waals surface area contributed by atoms with E-state index in [1.165, 1.54) is 17.5 Å². The third-order valence-corrected chi connectivity index (χ3v) is 5.35. The first-order chi connectivity index (χ1) is 14.6. The average Bonchev–Trinajstić information content (AvgIpc) is 3.10. The highest BCUT2D eigenvalue weighted by molar-refractivity contribution is 7.16. The molecule has 0 unspecified atom stereocenters. The number of benzene rings is 2. The van der Waals surface area contributed by atoms with Crippen molar-refractivity contribution in [2.75, 3.05) is 6.61 Å². The number of carbonyl (C=O) groups excluding carboxylic acids is 2. The van der Waals surface area contributed by atoms with Crippen LogP contribution in [-0.4, -0.2) is 33.0 Å². The van der Waals surface area contributed by atoms with Gasteiger partial charge in [-0.3, -0.25) is 9.78 Å². The van der Waals surface area contributed by atoms with Gasteiger partial charge in [0.25, 0.3) is 5.91 Å². The molecule has 0 aliphatic carbocycles. The Kier molecular flexibility index (Phi) is 5.37. The van der Waals surface area contributed by atoms with Gasteiger partial charge in [0.15, 0.2) is 4.80 Å². The average molecular weight is 416 g/mol. The molecule has 0 saturated carbocycles. The number of amides is 1. The molecule has 0 atom stereocenters. The molecule has 2 aromatic carbocycles. The van der Waals surface area contributed by atoms with Gasteiger partial charge in [0.2, 0.25) is 0 Å². The number of thiazole rings is 1. The summed E-state index contributed by atoms with van der Waals surface area (Å²) in [6.45, 7) is 2.27. The third kappa shape index (κ3) is 3.71. The molecule has 0 aliphatic rings. The lowest BCUT2D eigenvalue weighted by molar-refractivity contribution is 0.0526. The summed E-state index contributed by atoms with van der Waals surface area (Å²) in [5.74, 6) is 1.65. The van der Waals surface area contributed by atoms with E-state index in [-0.39, 0.29) is 12.2 Å². The number of aromatic nitrogens is 3. The van der Waals surface area contributed by atoms with Crippen molar-refractivity contribution in [3.63, 3.8) is 0 Å². The van der Waals surface area contributed by atoms with Gasteiger partial charge in [-0.2, -0.15) is 4.99 Å². The van der Waals surface area contributed by atoms with Gasteiger partial charge in [0.05, 0.1) is 46.2 Å². The van der Waals surface area contributed by atoms with E-state index in [4.69, 9.17) is 11.2 Å². The molecule has 0 saturated heterocycles. The zero-order chi connectivity index (χ0) is 21.1. The molecule has 148 valence electrons. The van der Waals surface area contributed by atoms with E-state index in [9.17, 15) is 9.59 Å². The van der Waals surface area contributed by atoms with Crippen molar-refractivity contribution >= 4 is 44.5 Å². The SMILES string of the molecule is C#CCn1c(=NC(=O)c2cnc3ccccc3n2)sc2cc(C(=O)OCC)ccc21. The molecular formula is C22H16N4O3S. The number of nitrogens with zero attached hydrogens (tertiary/aromatic N) is 4. The van der Waals surface area contributed by atoms with Crippen molar-refractivity contribution in [1.29, 1.82) is 0 Å². The minimum absolute atomic E-state index is 0.144. The lowest BCUT2D eigenvalue weighted by Gasteiger charge is -2.03. The van der Waals surface area contributed by atoms with Gasteiger partial charge in [0, 0.05) is 0 Å². The van der Waals surface area contributed by atoms with Crippen LogP contribution in [0.4, 0.5) is 0 Å². The first kappa shape index (κ1) is 19.5. The number of hydrogen-bond acceptors (Lipinski definition) is 6. The quantitative estimate of drug-likeness (QED) is 0.377. The maximum Gasteiger partial charge on any atom is 0.338 e. The minimum Gasteiger partial charge on any atom is -0.462 e. The van der Waals surface area contributed by atoms with Crippen LogP contribution in [0.2, 0.25) is 0 Å². The molecular weight excluding hydrogens is 400 g/mol. The van der Waals surface area contributed by atoms with Crippen molar-refractivity contribution in [3.05, 3.63) is 64.7 Å². The third-order valence-electron chi connectivity index (χ3n) is 4.31. The van der Waals surface area contributed by atoms with E-state index >= 15 is 0 Å². The number of esters is 1. The number of terminal acetylenes is 1. The van der Waals surface area contributed by atoms with E-state index in [1.54, 1.807) is 35.8 Å². The number of ether oxygens (including phenoxy) is 1. The zero-order valence-electron chi connectivity index (χ0n) is 16.0. The van der Waals surface area contributed by atoms with Crippen LogP contribution < -0.4 is 4.80 Å². The van der Waals surface area contributed by atoms with Gasteiger partial charge in [-0.15, -0.1) is 6.42 Å². The maximum absolute atomic E-state index is 12.7. The maximum atomic E-state index is 12.7. The Morgan fingerprint density at radius 2 is 2.03 bits per heavy atom. The number of rotatable bonds is 4. The predicted molar refractivity (Wildman–Crippen MR) is 114 cm³/mol. The molecule has 8 heteroatoms. The highest BCUT2D eigenvalue weighted by Crippen LogP contribution is 2.20. The molecule has 4 aromatic rings. The summed E-state index contributed by atoms with van der Waals surface area (Å²) < 4.78 is 7.57. The second-order valence-corrected chi connectivity index (χ2v) is 7.25. The Bertz CT molecular complexity index is 1400. The molecule has 0 spiro atoms. The lowest BCUT2D eigenvalue weighted by Crippen LogP contribution is -2.17. The smallest absolute Gasteiger partial charge is 0.338 e. The highest BCUT2D eigenvalue weighted by Gasteiger charge is 2.13. The van der Waals surface area contributed by atoms with Crippen molar-refractivity contribution in [2.24, 2.45) is 4.99 Å². The van der Waals surface area contributed by atoms with Crippen LogP contribution >= 0.6 is 11.3 Å². The topological polar surface area (TPSA) is 86.4 Å². The molecule has 0 bridgehead atoms. The number of carbonyl (C=O) groups is 2. The Labute approximate surface area is 175 Å². The van der Waals surface area contributed by atoms with E-state index in [1.807, 2.05) is 18.2 Å². The van der Waals surface area contributed by atoms with Gasteiger partial charge in [-0.25, -0.2) is 9.78 Å². The fourth-order valence-corrected chi connectivity index (χ4v) is 4.02. The van der Waals surface area contributed by atoms with Crippen LogP contribution in [0.25, 0.3) is 21.3 Å². The molecule has 0 aliphatic heterocycles. The standard InChI is InChI=1S/C22H16N4O3S/c1-3-11-26-18-10-9-14(21(28)29-4-2)12-19(18)30-22(26)25-20(27)17-13-23-15-7-5-6-8-16(15)24-17/h1,5-10,12-13H,4,11H2,2H3. The van der Waals surface area contributed by atoms with Crippen molar-refractivity contribution in [3.8, 4) is 12.3 Å². The molecule has 30 heavy (non-hydrogen) atoms. The van der Waals surface area contributed by atoms with Gasteiger partial charge in [0.1, 0.15) is 5.69 Å². The first-order valence-electron chi connectivity index (χ1n) is 9.15. The predicted octanol–water partition coefficient (Wildman–Crippen LogP) is 3.20. The fraction of sp³-hybridized carbons (Fsp3) is 0.136. The van der Waals surface area contributed by atoms with Gasteiger partial charge >= 0.3 is 5.97 Å². The second-order valence-electron chi connectivity index (χ2n) is 6.24. The van der Waals surface area contributed by atoms with Crippen molar-refractivity contribution < 1.29 is 14.3 Å². The highest BCUT2D eigenvalue weighted by atomic mass is 32.1. The Hall–Kier alpha value is -3.83. The Morgan fingerprint density at radius 3 is 2.80 bits per heavy atom. The normalized spacial score (nSPS) is 11.5. The van der Waals surface area contributed by atoms with Gasteiger partial charge < -0.3 is 9.30 Å². The molecule has 0 N–H and O–H groups in total. The van der Waals surface area contributed by atoms with Gasteiger partial charge in [-0.05, 0) is 37.3 Å².